The molecule has 1 aromatic heterocycles. The van der Waals surface area contributed by atoms with Gasteiger partial charge in [-0.05, 0) is 53.8 Å². The smallest absolute Gasteiger partial charge is 0.243 e. The van der Waals surface area contributed by atoms with E-state index in [4.69, 9.17) is 17.3 Å². The summed E-state index contributed by atoms with van der Waals surface area (Å²) in [7, 11) is -4.04. The molecule has 2 aromatic carbocycles. The molecule has 1 fully saturated rings. The van der Waals surface area contributed by atoms with Gasteiger partial charge in [0.2, 0.25) is 27.7 Å². The maximum Gasteiger partial charge on any atom is 0.243 e. The highest BCUT2D eigenvalue weighted by atomic mass is 35.5. The molecule has 5 N–H and O–H groups in total. The first-order valence-electron chi connectivity index (χ1n) is 13.4. The van der Waals surface area contributed by atoms with Gasteiger partial charge in [0.1, 0.15) is 12.1 Å². The fourth-order valence-electron chi connectivity index (χ4n) is 4.83. The van der Waals surface area contributed by atoms with Crippen LogP contribution in [0.1, 0.15) is 36.0 Å². The Morgan fingerprint density at radius 1 is 1.05 bits per heavy atom. The third kappa shape index (κ3) is 8.58. The van der Waals surface area contributed by atoms with Crippen LogP contribution in [0.5, 0.6) is 0 Å². The van der Waals surface area contributed by atoms with Crippen LogP contribution in [0.4, 0.5) is 5.69 Å². The Bertz CT molecular complexity index is 1510. The highest BCUT2D eigenvalue weighted by molar-refractivity contribution is 7.88. The number of rotatable bonds is 12. The summed E-state index contributed by atoms with van der Waals surface area (Å²) >= 11 is 6.11. The van der Waals surface area contributed by atoms with Gasteiger partial charge in [-0.2, -0.15) is 0 Å². The first-order chi connectivity index (χ1) is 20.1. The van der Waals surface area contributed by atoms with Crippen molar-refractivity contribution in [3.05, 3.63) is 94.8 Å². The quantitative estimate of drug-likeness (QED) is 0.244. The monoisotopic (exact) mass is 612 g/mol. The molecule has 4 rings (SSSR count). The van der Waals surface area contributed by atoms with Crippen molar-refractivity contribution in [3.63, 3.8) is 0 Å². The number of benzene rings is 2. The standard InChI is InChI=1S/C29H33ClN6O5S/c30-23-9-8-21(17-31)22(15-23)18-33-28(38)26-7-4-14-36(26)29(39)25(16-27(37)34-24-10-12-32-13-11-24)35-42(40,41)19-20-5-2-1-3-6-20/h1-3,5-6,8-13,15,25-26,35H,4,7,14,16-19,31H2,(H,33,38)(H,32,34,37). The van der Waals surface area contributed by atoms with E-state index in [1.807, 2.05) is 0 Å². The molecule has 0 saturated carbocycles. The van der Waals surface area contributed by atoms with Gasteiger partial charge in [-0.3, -0.25) is 19.4 Å². The van der Waals surface area contributed by atoms with Crippen molar-refractivity contribution >= 4 is 45.0 Å². The van der Waals surface area contributed by atoms with Crippen LogP contribution < -0.4 is 21.1 Å². The van der Waals surface area contributed by atoms with E-state index < -0.39 is 46.2 Å². The van der Waals surface area contributed by atoms with Gasteiger partial charge >= 0.3 is 0 Å². The topological polar surface area (TPSA) is 164 Å². The van der Waals surface area contributed by atoms with Crippen molar-refractivity contribution in [2.24, 2.45) is 5.73 Å². The van der Waals surface area contributed by atoms with Crippen molar-refractivity contribution in [2.75, 3.05) is 11.9 Å². The van der Waals surface area contributed by atoms with Gasteiger partial charge in [0.25, 0.3) is 0 Å². The Hall–Kier alpha value is -3.84. The van der Waals surface area contributed by atoms with E-state index in [9.17, 15) is 22.8 Å². The van der Waals surface area contributed by atoms with Gasteiger partial charge in [0.05, 0.1) is 12.2 Å². The number of hydrogen-bond acceptors (Lipinski definition) is 7. The minimum atomic E-state index is -4.04. The van der Waals surface area contributed by atoms with E-state index in [1.165, 1.54) is 17.3 Å². The minimum absolute atomic E-state index is 0.159. The first-order valence-corrected chi connectivity index (χ1v) is 15.5. The second kappa shape index (κ2) is 14.4. The number of nitrogens with zero attached hydrogens (tertiary/aromatic N) is 2. The van der Waals surface area contributed by atoms with Crippen molar-refractivity contribution in [1.29, 1.82) is 0 Å². The van der Waals surface area contributed by atoms with Crippen LogP contribution in [0.3, 0.4) is 0 Å². The molecular weight excluding hydrogens is 580 g/mol. The molecule has 2 unspecified atom stereocenters. The Morgan fingerprint density at radius 2 is 1.79 bits per heavy atom. The summed E-state index contributed by atoms with van der Waals surface area (Å²) in [4.78, 5) is 45.2. The number of nitrogens with two attached hydrogens (primary N) is 1. The number of pyridine rings is 1. The summed E-state index contributed by atoms with van der Waals surface area (Å²) in [5.74, 6) is -2.00. The minimum Gasteiger partial charge on any atom is -0.350 e. The lowest BCUT2D eigenvalue weighted by Crippen LogP contribution is -2.54. The molecule has 13 heteroatoms. The Balaban J connectivity index is 1.50. The number of hydrogen-bond donors (Lipinski definition) is 4. The van der Waals surface area contributed by atoms with Gasteiger partial charge in [0.15, 0.2) is 0 Å². The third-order valence-corrected chi connectivity index (χ3v) is 8.44. The number of amides is 3. The Kier molecular flexibility index (Phi) is 10.6. The van der Waals surface area contributed by atoms with Crippen molar-refractivity contribution in [1.82, 2.24) is 19.9 Å². The number of sulfonamides is 1. The molecule has 11 nitrogen and oxygen atoms in total. The maximum atomic E-state index is 13.8. The summed E-state index contributed by atoms with van der Waals surface area (Å²) in [5, 5.41) is 6.01. The lowest BCUT2D eigenvalue weighted by Gasteiger charge is -2.28. The first kappa shape index (κ1) is 31.1. The zero-order chi connectivity index (χ0) is 30.1. The van der Waals surface area contributed by atoms with Gasteiger partial charge in [-0.25, -0.2) is 13.1 Å². The highest BCUT2D eigenvalue weighted by Crippen LogP contribution is 2.21. The number of carbonyl (C=O) groups excluding carboxylic acids is 3. The normalized spacial score (nSPS) is 15.7. The fourth-order valence-corrected chi connectivity index (χ4v) is 6.35. The molecule has 1 aliphatic rings. The molecule has 1 saturated heterocycles. The molecular formula is C29H33ClN6O5S. The molecule has 1 aliphatic heterocycles. The summed E-state index contributed by atoms with van der Waals surface area (Å²) in [6.07, 6.45) is 3.45. The fraction of sp³-hybridized carbons (Fsp3) is 0.310. The Labute approximate surface area is 249 Å². The van der Waals surface area contributed by atoms with Crippen molar-refractivity contribution in [3.8, 4) is 0 Å². The molecule has 2 heterocycles. The van der Waals surface area contributed by atoms with Gasteiger partial charge in [0, 0.05) is 42.7 Å². The summed E-state index contributed by atoms with van der Waals surface area (Å²) in [6, 6.07) is 14.6. The second-order valence-electron chi connectivity index (χ2n) is 9.93. The molecule has 42 heavy (non-hydrogen) atoms. The van der Waals surface area contributed by atoms with Crippen LogP contribution in [0, 0.1) is 0 Å². The summed E-state index contributed by atoms with van der Waals surface area (Å²) in [5.41, 5.74) is 8.37. The number of nitrogens with one attached hydrogen (secondary N) is 3. The van der Waals surface area contributed by atoms with Gasteiger partial charge in [-0.15, -0.1) is 0 Å². The van der Waals surface area contributed by atoms with Crippen molar-refractivity contribution in [2.45, 2.75) is 50.2 Å². The van der Waals surface area contributed by atoms with E-state index in [0.717, 1.165) is 11.1 Å². The molecule has 222 valence electrons. The van der Waals surface area contributed by atoms with Crippen LogP contribution in [0.15, 0.2) is 73.1 Å². The number of halogens is 1. The SMILES string of the molecule is NCc1ccc(Cl)cc1CNC(=O)C1CCCN1C(=O)C(CC(=O)Nc1ccncc1)NS(=O)(=O)Cc1ccccc1. The van der Waals surface area contributed by atoms with E-state index in [0.29, 0.717) is 29.1 Å². The molecule has 0 spiro atoms. The number of carbonyl (C=O) groups is 3. The third-order valence-electron chi connectivity index (χ3n) is 6.85. The number of aromatic nitrogens is 1. The van der Waals surface area contributed by atoms with E-state index in [2.05, 4.69) is 20.3 Å². The average Bonchev–Trinajstić information content (AvgIpc) is 3.46. The van der Waals surface area contributed by atoms with Crippen LogP contribution in [-0.2, 0) is 43.2 Å². The lowest BCUT2D eigenvalue weighted by atomic mass is 10.1. The predicted molar refractivity (Wildman–Crippen MR) is 159 cm³/mol. The lowest BCUT2D eigenvalue weighted by molar-refractivity contribution is -0.140. The summed E-state index contributed by atoms with van der Waals surface area (Å²) in [6.45, 7) is 0.666. The van der Waals surface area contributed by atoms with Crippen LogP contribution in [-0.4, -0.2) is 54.7 Å². The van der Waals surface area contributed by atoms with E-state index in [1.54, 1.807) is 60.7 Å². The average molecular weight is 613 g/mol. The zero-order valence-electron chi connectivity index (χ0n) is 22.8. The molecule has 2 atom stereocenters. The Morgan fingerprint density at radius 3 is 2.50 bits per heavy atom. The summed E-state index contributed by atoms with van der Waals surface area (Å²) < 4.78 is 28.6. The second-order valence-corrected chi connectivity index (χ2v) is 12.1. The van der Waals surface area contributed by atoms with Gasteiger partial charge < -0.3 is 21.3 Å². The predicted octanol–water partition coefficient (Wildman–Crippen LogP) is 2.32. The number of anilines is 1. The molecule has 3 amide bonds. The van der Waals surface area contributed by atoms with E-state index in [-0.39, 0.29) is 25.4 Å². The largest absolute Gasteiger partial charge is 0.350 e. The maximum absolute atomic E-state index is 13.8. The van der Waals surface area contributed by atoms with Gasteiger partial charge in [-0.1, -0.05) is 48.0 Å². The highest BCUT2D eigenvalue weighted by Gasteiger charge is 2.39. The van der Waals surface area contributed by atoms with Crippen LogP contribution in [0.25, 0.3) is 0 Å². The molecule has 0 bridgehead atoms. The number of likely N-dealkylation sites (tertiary alicyclic amines) is 1. The molecule has 3 aromatic rings. The van der Waals surface area contributed by atoms with Crippen LogP contribution in [0.2, 0.25) is 5.02 Å². The zero-order valence-corrected chi connectivity index (χ0v) is 24.4. The van der Waals surface area contributed by atoms with E-state index >= 15 is 0 Å². The molecule has 0 aliphatic carbocycles. The van der Waals surface area contributed by atoms with Crippen LogP contribution >= 0.6 is 11.6 Å². The molecule has 0 radical (unpaired) electrons. The van der Waals surface area contributed by atoms with Crippen molar-refractivity contribution < 1.29 is 22.8 Å².